The normalized spacial score (nSPS) is 21.1. The molecule has 1 aromatic rings. The smallest absolute Gasteiger partial charge is 0.0366 e. The van der Waals surface area contributed by atoms with E-state index < -0.39 is 0 Å². The van der Waals surface area contributed by atoms with Gasteiger partial charge in [0.05, 0.1) is 0 Å². The Morgan fingerprint density at radius 3 is 2.29 bits per heavy atom. The third-order valence-electron chi connectivity index (χ3n) is 5.27. The molecular weight excluding hydrogens is 256 g/mol. The van der Waals surface area contributed by atoms with Crippen molar-refractivity contribution in [1.29, 1.82) is 0 Å². The zero-order valence-electron chi connectivity index (χ0n) is 13.5. The molecule has 1 N–H and O–H groups in total. The van der Waals surface area contributed by atoms with E-state index in [0.29, 0.717) is 5.41 Å². The van der Waals surface area contributed by atoms with E-state index in [1.54, 1.807) is 0 Å². The Bertz CT molecular complexity index is 421. The Hall–Kier alpha value is -1.02. The van der Waals surface area contributed by atoms with Gasteiger partial charge >= 0.3 is 0 Å². The van der Waals surface area contributed by atoms with E-state index in [9.17, 15) is 0 Å². The molecule has 2 heteroatoms. The standard InChI is InChI=1S/C19H30N2/c1-2-13-20-14-17-7-9-18(10-8-17)21-15-19(16-21)11-5-3-4-6-12-19/h7-10,20H,2-6,11-16H2,1H3. The first-order valence-electron chi connectivity index (χ1n) is 8.86. The minimum absolute atomic E-state index is 0.665. The first-order valence-corrected chi connectivity index (χ1v) is 8.86. The van der Waals surface area contributed by atoms with E-state index in [0.717, 1.165) is 13.1 Å². The van der Waals surface area contributed by atoms with Crippen LogP contribution in [0, 0.1) is 5.41 Å². The number of benzene rings is 1. The number of nitrogens with one attached hydrogen (secondary N) is 1. The van der Waals surface area contributed by atoms with Crippen LogP contribution in [0.5, 0.6) is 0 Å². The Labute approximate surface area is 129 Å². The average Bonchev–Trinajstić information content (AvgIpc) is 2.73. The topological polar surface area (TPSA) is 15.3 Å². The van der Waals surface area contributed by atoms with Crippen LogP contribution in [0.2, 0.25) is 0 Å². The largest absolute Gasteiger partial charge is 0.370 e. The molecule has 2 nitrogen and oxygen atoms in total. The predicted molar refractivity (Wildman–Crippen MR) is 90.8 cm³/mol. The fourth-order valence-corrected chi connectivity index (χ4v) is 3.97. The van der Waals surface area contributed by atoms with Crippen LogP contribution < -0.4 is 10.2 Å². The van der Waals surface area contributed by atoms with Gasteiger partial charge in [-0.25, -0.2) is 0 Å². The highest BCUT2D eigenvalue weighted by atomic mass is 15.2. The second kappa shape index (κ2) is 6.83. The number of nitrogens with zero attached hydrogens (tertiary/aromatic N) is 1. The van der Waals surface area contributed by atoms with Crippen molar-refractivity contribution in [3.8, 4) is 0 Å². The van der Waals surface area contributed by atoms with E-state index in [4.69, 9.17) is 0 Å². The van der Waals surface area contributed by atoms with Crippen molar-refractivity contribution in [2.24, 2.45) is 5.41 Å². The maximum Gasteiger partial charge on any atom is 0.0366 e. The third kappa shape index (κ3) is 3.60. The van der Waals surface area contributed by atoms with Crippen molar-refractivity contribution >= 4 is 5.69 Å². The Balaban J connectivity index is 1.52. The zero-order chi connectivity index (χ0) is 14.5. The summed E-state index contributed by atoms with van der Waals surface area (Å²) in [4.78, 5) is 2.58. The van der Waals surface area contributed by atoms with Crippen molar-refractivity contribution < 1.29 is 0 Å². The molecule has 1 aliphatic heterocycles. The lowest BCUT2D eigenvalue weighted by molar-refractivity contribution is 0.180. The molecule has 1 heterocycles. The molecule has 0 amide bonds. The predicted octanol–water partition coefficient (Wildman–Crippen LogP) is 4.35. The van der Waals surface area contributed by atoms with Gasteiger partial charge < -0.3 is 10.2 Å². The highest BCUT2D eigenvalue weighted by Gasteiger charge is 2.42. The van der Waals surface area contributed by atoms with Crippen LogP contribution in [0.15, 0.2) is 24.3 Å². The molecule has 2 aliphatic rings. The van der Waals surface area contributed by atoms with Crippen LogP contribution in [-0.4, -0.2) is 19.6 Å². The van der Waals surface area contributed by atoms with E-state index in [-0.39, 0.29) is 0 Å². The summed E-state index contributed by atoms with van der Waals surface area (Å²) in [5, 5.41) is 3.47. The fraction of sp³-hybridized carbons (Fsp3) is 0.684. The highest BCUT2D eigenvalue weighted by molar-refractivity contribution is 5.51. The van der Waals surface area contributed by atoms with Crippen molar-refractivity contribution in [3.63, 3.8) is 0 Å². The van der Waals surface area contributed by atoms with Crippen molar-refractivity contribution in [2.75, 3.05) is 24.5 Å². The van der Waals surface area contributed by atoms with E-state index in [1.807, 2.05) is 0 Å². The van der Waals surface area contributed by atoms with Gasteiger partial charge in [-0.15, -0.1) is 0 Å². The molecule has 1 aliphatic carbocycles. The van der Waals surface area contributed by atoms with Gasteiger partial charge in [-0.3, -0.25) is 0 Å². The summed E-state index contributed by atoms with van der Waals surface area (Å²) in [5.41, 5.74) is 3.48. The molecule has 1 saturated heterocycles. The minimum Gasteiger partial charge on any atom is -0.370 e. The summed E-state index contributed by atoms with van der Waals surface area (Å²) in [7, 11) is 0. The van der Waals surface area contributed by atoms with Gasteiger partial charge in [-0.05, 0) is 43.5 Å². The first-order chi connectivity index (χ1) is 10.3. The molecule has 3 rings (SSSR count). The van der Waals surface area contributed by atoms with Gasteiger partial charge in [0.15, 0.2) is 0 Å². The van der Waals surface area contributed by atoms with Crippen LogP contribution in [0.1, 0.15) is 57.4 Å². The summed E-state index contributed by atoms with van der Waals surface area (Å²) < 4.78 is 0. The van der Waals surface area contributed by atoms with Crippen LogP contribution in [0.3, 0.4) is 0 Å². The second-order valence-electron chi connectivity index (χ2n) is 7.11. The molecule has 1 aromatic carbocycles. The van der Waals surface area contributed by atoms with Gasteiger partial charge in [-0.2, -0.15) is 0 Å². The van der Waals surface area contributed by atoms with E-state index >= 15 is 0 Å². The molecule has 0 aromatic heterocycles. The van der Waals surface area contributed by atoms with Gasteiger partial charge in [0.25, 0.3) is 0 Å². The minimum atomic E-state index is 0.665. The quantitative estimate of drug-likeness (QED) is 0.810. The monoisotopic (exact) mass is 286 g/mol. The SMILES string of the molecule is CCCNCc1ccc(N2CC3(CCCCCC3)C2)cc1. The van der Waals surface area contributed by atoms with Gasteiger partial charge in [0, 0.05) is 30.7 Å². The molecule has 0 unspecified atom stereocenters. The van der Waals surface area contributed by atoms with Gasteiger partial charge in [0.1, 0.15) is 0 Å². The number of anilines is 1. The maximum absolute atomic E-state index is 3.47. The highest BCUT2D eigenvalue weighted by Crippen LogP contribution is 2.44. The van der Waals surface area contributed by atoms with E-state index in [1.165, 1.54) is 69.3 Å². The summed E-state index contributed by atoms with van der Waals surface area (Å²) in [6.07, 6.45) is 9.95. The van der Waals surface area contributed by atoms with Gasteiger partial charge in [0.2, 0.25) is 0 Å². The van der Waals surface area contributed by atoms with Crippen LogP contribution >= 0.6 is 0 Å². The summed E-state index contributed by atoms with van der Waals surface area (Å²) >= 11 is 0. The summed E-state index contributed by atoms with van der Waals surface area (Å²) in [6, 6.07) is 9.20. The molecule has 0 bridgehead atoms. The zero-order valence-corrected chi connectivity index (χ0v) is 13.5. The Kier molecular flexibility index (Phi) is 4.84. The molecule has 1 saturated carbocycles. The lowest BCUT2D eigenvalue weighted by Gasteiger charge is -2.51. The first kappa shape index (κ1) is 14.9. The Morgan fingerprint density at radius 1 is 1.00 bits per heavy atom. The number of rotatable bonds is 5. The van der Waals surface area contributed by atoms with Gasteiger partial charge in [-0.1, -0.05) is 44.7 Å². The van der Waals surface area contributed by atoms with E-state index in [2.05, 4.69) is 41.4 Å². The molecule has 0 radical (unpaired) electrons. The van der Waals surface area contributed by atoms with Crippen molar-refractivity contribution in [2.45, 2.75) is 58.4 Å². The van der Waals surface area contributed by atoms with Crippen molar-refractivity contribution in [1.82, 2.24) is 5.32 Å². The summed E-state index contributed by atoms with van der Waals surface area (Å²) in [6.45, 7) is 6.90. The molecule has 0 atom stereocenters. The third-order valence-corrected chi connectivity index (χ3v) is 5.27. The molecule has 21 heavy (non-hydrogen) atoms. The maximum atomic E-state index is 3.47. The number of hydrogen-bond acceptors (Lipinski definition) is 2. The van der Waals surface area contributed by atoms with Crippen LogP contribution in [0.4, 0.5) is 5.69 Å². The average molecular weight is 286 g/mol. The summed E-state index contributed by atoms with van der Waals surface area (Å²) in [5.74, 6) is 0. The van der Waals surface area contributed by atoms with Crippen LogP contribution in [0.25, 0.3) is 0 Å². The van der Waals surface area contributed by atoms with Crippen molar-refractivity contribution in [3.05, 3.63) is 29.8 Å². The molecule has 116 valence electrons. The Morgan fingerprint density at radius 2 is 1.67 bits per heavy atom. The molecule has 1 spiro atoms. The fourth-order valence-electron chi connectivity index (χ4n) is 3.97. The molecular formula is C19H30N2. The lowest BCUT2D eigenvalue weighted by atomic mass is 9.73. The van der Waals surface area contributed by atoms with Crippen LogP contribution in [-0.2, 0) is 6.54 Å². The number of hydrogen-bond donors (Lipinski definition) is 1. The molecule has 2 fully saturated rings. The second-order valence-corrected chi connectivity index (χ2v) is 7.11. The lowest BCUT2D eigenvalue weighted by Crippen LogP contribution is -2.56.